The second-order valence-corrected chi connectivity index (χ2v) is 5.57. The highest BCUT2D eigenvalue weighted by Gasteiger charge is 2.30. The first-order chi connectivity index (χ1) is 12.0. The van der Waals surface area contributed by atoms with E-state index in [-0.39, 0.29) is 0 Å². The van der Waals surface area contributed by atoms with Crippen LogP contribution >= 0.6 is 0 Å². The molecule has 0 amide bonds. The average molecular weight is 343 g/mol. The molecule has 5 aromatic rings. The van der Waals surface area contributed by atoms with Crippen molar-refractivity contribution >= 4 is 22.3 Å². The fraction of sp³-hybridized carbons (Fsp3) is 0.0625. The maximum atomic E-state index is 12.9. The van der Waals surface area contributed by atoms with Gasteiger partial charge in [0.25, 0.3) is 0 Å². The molecule has 4 heterocycles. The van der Waals surface area contributed by atoms with E-state index in [1.54, 1.807) is 28.9 Å². The SMILES string of the molecule is FC(F)(F)c1cccc(-c2cc3c(cc4c5nncn5ncn34)o2)c1. The lowest BCUT2D eigenvalue weighted by Gasteiger charge is -2.07. The third kappa shape index (κ3) is 2.02. The van der Waals surface area contributed by atoms with Crippen LogP contribution in [0.5, 0.6) is 0 Å². The van der Waals surface area contributed by atoms with Gasteiger partial charge in [-0.2, -0.15) is 22.8 Å². The Balaban J connectivity index is 1.71. The molecule has 0 radical (unpaired) electrons. The molecule has 1 aromatic carbocycles. The summed E-state index contributed by atoms with van der Waals surface area (Å²) < 4.78 is 47.7. The number of halogens is 3. The first-order valence-corrected chi connectivity index (χ1v) is 7.28. The van der Waals surface area contributed by atoms with Crippen LogP contribution in [0.4, 0.5) is 13.2 Å². The van der Waals surface area contributed by atoms with E-state index in [2.05, 4.69) is 15.3 Å². The fourth-order valence-corrected chi connectivity index (χ4v) is 2.89. The van der Waals surface area contributed by atoms with Crippen molar-refractivity contribution in [2.75, 3.05) is 0 Å². The topological polar surface area (TPSA) is 60.6 Å². The van der Waals surface area contributed by atoms with Gasteiger partial charge in [-0.25, -0.2) is 0 Å². The minimum atomic E-state index is -4.40. The van der Waals surface area contributed by atoms with Crippen molar-refractivity contribution in [2.45, 2.75) is 6.18 Å². The number of alkyl halides is 3. The third-order valence-electron chi connectivity index (χ3n) is 4.05. The Labute approximate surface area is 137 Å². The van der Waals surface area contributed by atoms with Crippen molar-refractivity contribution in [1.29, 1.82) is 0 Å². The normalized spacial score (nSPS) is 12.6. The zero-order valence-corrected chi connectivity index (χ0v) is 12.4. The van der Waals surface area contributed by atoms with Crippen molar-refractivity contribution in [3.63, 3.8) is 0 Å². The van der Waals surface area contributed by atoms with Crippen LogP contribution in [0.3, 0.4) is 0 Å². The highest BCUT2D eigenvalue weighted by molar-refractivity contribution is 5.90. The number of fused-ring (bicyclic) bond motifs is 5. The number of benzene rings is 1. The first-order valence-electron chi connectivity index (χ1n) is 7.28. The molecule has 0 saturated heterocycles. The van der Waals surface area contributed by atoms with Gasteiger partial charge in [-0.15, -0.1) is 10.2 Å². The Bertz CT molecular complexity index is 1250. The fourth-order valence-electron chi connectivity index (χ4n) is 2.89. The van der Waals surface area contributed by atoms with Gasteiger partial charge in [-0.1, -0.05) is 12.1 Å². The van der Waals surface area contributed by atoms with E-state index in [9.17, 15) is 13.2 Å². The summed E-state index contributed by atoms with van der Waals surface area (Å²) >= 11 is 0. The third-order valence-corrected chi connectivity index (χ3v) is 4.05. The summed E-state index contributed by atoms with van der Waals surface area (Å²) in [5.41, 5.74) is 2.18. The molecule has 0 aliphatic rings. The van der Waals surface area contributed by atoms with Crippen LogP contribution in [0.15, 0.2) is 53.5 Å². The molecule has 0 N–H and O–H groups in total. The Hall–Kier alpha value is -3.36. The Morgan fingerprint density at radius 3 is 2.72 bits per heavy atom. The van der Waals surface area contributed by atoms with Crippen LogP contribution in [0, 0.1) is 0 Å². The summed E-state index contributed by atoms with van der Waals surface area (Å²) in [6.07, 6.45) is -1.33. The quantitative estimate of drug-likeness (QED) is 0.464. The maximum absolute atomic E-state index is 12.9. The molecule has 5 rings (SSSR count). The lowest BCUT2D eigenvalue weighted by molar-refractivity contribution is -0.137. The van der Waals surface area contributed by atoms with Crippen molar-refractivity contribution < 1.29 is 17.6 Å². The van der Waals surface area contributed by atoms with Crippen molar-refractivity contribution in [2.24, 2.45) is 0 Å². The zero-order chi connectivity index (χ0) is 17.2. The van der Waals surface area contributed by atoms with Crippen LogP contribution in [0.1, 0.15) is 5.56 Å². The maximum Gasteiger partial charge on any atom is 0.416 e. The van der Waals surface area contributed by atoms with Gasteiger partial charge in [0, 0.05) is 17.7 Å². The standard InChI is InChI=1S/C16H8F3N5O/c17-16(18,19)10-3-1-2-9(4-10)13-5-11-14(25-13)6-12-15-22-20-7-24(15)21-8-23(11)12/h1-8H. The van der Waals surface area contributed by atoms with E-state index in [4.69, 9.17) is 4.42 Å². The van der Waals surface area contributed by atoms with E-state index < -0.39 is 11.7 Å². The Morgan fingerprint density at radius 1 is 1.00 bits per heavy atom. The largest absolute Gasteiger partial charge is 0.454 e. The molecule has 0 unspecified atom stereocenters. The number of rotatable bonds is 1. The van der Waals surface area contributed by atoms with Gasteiger partial charge in [-0.3, -0.25) is 4.40 Å². The van der Waals surface area contributed by atoms with Crippen LogP contribution in [-0.2, 0) is 6.18 Å². The van der Waals surface area contributed by atoms with E-state index in [0.717, 1.165) is 17.6 Å². The lowest BCUT2D eigenvalue weighted by Crippen LogP contribution is -2.04. The van der Waals surface area contributed by atoms with E-state index >= 15 is 0 Å². The molecular formula is C16H8F3N5O. The number of hydrogen-bond donors (Lipinski definition) is 0. The summed E-state index contributed by atoms with van der Waals surface area (Å²) in [7, 11) is 0. The number of furan rings is 1. The van der Waals surface area contributed by atoms with E-state index in [1.165, 1.54) is 16.9 Å². The highest BCUT2D eigenvalue weighted by atomic mass is 19.4. The van der Waals surface area contributed by atoms with Gasteiger partial charge in [0.05, 0.1) is 16.6 Å². The highest BCUT2D eigenvalue weighted by Crippen LogP contribution is 2.35. The summed E-state index contributed by atoms with van der Waals surface area (Å²) in [5.74, 6) is 0.354. The molecule has 25 heavy (non-hydrogen) atoms. The molecule has 4 aromatic heterocycles. The summed E-state index contributed by atoms with van der Waals surface area (Å²) in [6, 6.07) is 8.49. The second-order valence-electron chi connectivity index (χ2n) is 5.57. The van der Waals surface area contributed by atoms with Gasteiger partial charge in [0.2, 0.25) is 5.65 Å². The molecule has 0 saturated carbocycles. The van der Waals surface area contributed by atoms with Crippen molar-refractivity contribution in [3.05, 3.63) is 54.6 Å². The Kier molecular flexibility index (Phi) is 2.58. The summed E-state index contributed by atoms with van der Waals surface area (Å²) in [4.78, 5) is 0. The van der Waals surface area contributed by atoms with Gasteiger partial charge in [-0.05, 0) is 12.1 Å². The molecular weight excluding hydrogens is 335 g/mol. The van der Waals surface area contributed by atoms with Crippen LogP contribution in [0.25, 0.3) is 33.6 Å². The number of nitrogens with zero attached hydrogens (tertiary/aromatic N) is 5. The van der Waals surface area contributed by atoms with Gasteiger partial charge >= 0.3 is 6.18 Å². The van der Waals surface area contributed by atoms with Gasteiger partial charge in [0.15, 0.2) is 5.58 Å². The van der Waals surface area contributed by atoms with Crippen LogP contribution in [0.2, 0.25) is 0 Å². The molecule has 0 atom stereocenters. The van der Waals surface area contributed by atoms with E-state index in [1.807, 2.05) is 0 Å². The van der Waals surface area contributed by atoms with E-state index in [0.29, 0.717) is 28.1 Å². The predicted molar refractivity (Wildman–Crippen MR) is 81.9 cm³/mol. The molecule has 9 heteroatoms. The molecule has 0 fully saturated rings. The molecule has 6 nitrogen and oxygen atoms in total. The molecule has 124 valence electrons. The predicted octanol–water partition coefficient (Wildman–Crippen LogP) is 3.81. The van der Waals surface area contributed by atoms with Crippen molar-refractivity contribution in [1.82, 2.24) is 24.2 Å². The molecule has 0 spiro atoms. The monoisotopic (exact) mass is 343 g/mol. The minimum absolute atomic E-state index is 0.354. The van der Waals surface area contributed by atoms with Crippen molar-refractivity contribution in [3.8, 4) is 11.3 Å². The minimum Gasteiger partial charge on any atom is -0.454 e. The van der Waals surface area contributed by atoms with Gasteiger partial charge in [0.1, 0.15) is 18.4 Å². The second kappa shape index (κ2) is 4.59. The smallest absolute Gasteiger partial charge is 0.416 e. The summed E-state index contributed by atoms with van der Waals surface area (Å²) in [5, 5.41) is 12.0. The molecule has 0 aliphatic carbocycles. The first kappa shape index (κ1) is 14.0. The summed E-state index contributed by atoms with van der Waals surface area (Å²) in [6.45, 7) is 0. The molecule has 0 aliphatic heterocycles. The number of aromatic nitrogens is 5. The average Bonchev–Trinajstić information content (AvgIpc) is 3.27. The van der Waals surface area contributed by atoms with Crippen LogP contribution < -0.4 is 0 Å². The van der Waals surface area contributed by atoms with Gasteiger partial charge < -0.3 is 4.42 Å². The zero-order valence-electron chi connectivity index (χ0n) is 12.4. The molecule has 0 bridgehead atoms. The number of hydrogen-bond acceptors (Lipinski definition) is 4. The van der Waals surface area contributed by atoms with Crippen LogP contribution in [-0.4, -0.2) is 24.2 Å². The Morgan fingerprint density at radius 2 is 1.88 bits per heavy atom. The lowest BCUT2D eigenvalue weighted by atomic mass is 10.1.